The summed E-state index contributed by atoms with van der Waals surface area (Å²) in [6, 6.07) is 0. The van der Waals surface area contributed by atoms with Gasteiger partial charge < -0.3 is 9.64 Å². The van der Waals surface area contributed by atoms with Gasteiger partial charge in [-0.15, -0.1) is 0 Å². The lowest BCUT2D eigenvalue weighted by Crippen LogP contribution is -2.45. The Morgan fingerprint density at radius 2 is 2.33 bits per heavy atom. The minimum Gasteiger partial charge on any atom is -0.375 e. The van der Waals surface area contributed by atoms with Crippen LogP contribution in [-0.2, 0) is 11.2 Å². The average Bonchev–Trinajstić information content (AvgIpc) is 2.91. The molecule has 1 amide bonds. The number of aromatic amines is 1. The van der Waals surface area contributed by atoms with E-state index in [4.69, 9.17) is 4.74 Å². The average molecular weight is 296 g/mol. The number of morpholine rings is 1. The van der Waals surface area contributed by atoms with Crippen LogP contribution in [0, 0.1) is 10.1 Å². The van der Waals surface area contributed by atoms with E-state index in [1.165, 1.54) is 0 Å². The number of H-pyrrole nitrogens is 1. The van der Waals surface area contributed by atoms with Crippen LogP contribution in [0.25, 0.3) is 0 Å². The van der Waals surface area contributed by atoms with Crippen molar-refractivity contribution in [3.63, 3.8) is 0 Å². The molecule has 21 heavy (non-hydrogen) atoms. The van der Waals surface area contributed by atoms with Gasteiger partial charge in [-0.25, -0.2) is 0 Å². The van der Waals surface area contributed by atoms with Crippen molar-refractivity contribution in [1.29, 1.82) is 0 Å². The number of carbonyl (C=O) groups excluding carboxylic acids is 1. The largest absolute Gasteiger partial charge is 0.375 e. The van der Waals surface area contributed by atoms with Crippen molar-refractivity contribution in [2.45, 2.75) is 39.2 Å². The first kappa shape index (κ1) is 15.4. The third kappa shape index (κ3) is 3.21. The van der Waals surface area contributed by atoms with Crippen LogP contribution in [0.5, 0.6) is 0 Å². The van der Waals surface area contributed by atoms with Gasteiger partial charge in [-0.3, -0.25) is 20.0 Å². The highest BCUT2D eigenvalue weighted by atomic mass is 16.6. The van der Waals surface area contributed by atoms with Crippen LogP contribution in [0.15, 0.2) is 0 Å². The molecule has 0 spiro atoms. The van der Waals surface area contributed by atoms with E-state index < -0.39 is 10.8 Å². The first-order chi connectivity index (χ1) is 10.1. The molecule has 0 radical (unpaired) electrons. The van der Waals surface area contributed by atoms with E-state index in [0.717, 1.165) is 12.8 Å². The molecule has 1 N–H and O–H groups in total. The molecular weight excluding hydrogens is 276 g/mol. The zero-order valence-corrected chi connectivity index (χ0v) is 12.3. The predicted molar refractivity (Wildman–Crippen MR) is 75.2 cm³/mol. The summed E-state index contributed by atoms with van der Waals surface area (Å²) in [6.07, 6.45) is 2.02. The van der Waals surface area contributed by atoms with Gasteiger partial charge in [-0.2, -0.15) is 5.10 Å². The maximum Gasteiger partial charge on any atom is 0.322 e. The molecule has 1 atom stereocenters. The second-order valence-electron chi connectivity index (χ2n) is 5.06. The van der Waals surface area contributed by atoms with Gasteiger partial charge in [0.25, 0.3) is 5.91 Å². The summed E-state index contributed by atoms with van der Waals surface area (Å²) >= 11 is 0. The highest BCUT2D eigenvalue weighted by Gasteiger charge is 2.33. The zero-order valence-electron chi connectivity index (χ0n) is 12.3. The summed E-state index contributed by atoms with van der Waals surface area (Å²) in [5.74, 6) is -0.401. The second kappa shape index (κ2) is 6.66. The molecule has 116 valence electrons. The Hall–Kier alpha value is -1.96. The van der Waals surface area contributed by atoms with Gasteiger partial charge in [0, 0.05) is 13.1 Å². The quantitative estimate of drug-likeness (QED) is 0.655. The van der Waals surface area contributed by atoms with Gasteiger partial charge in [0.05, 0.1) is 17.6 Å². The predicted octanol–water partition coefficient (Wildman–Crippen LogP) is 1.52. The molecule has 0 saturated carbocycles. The van der Waals surface area contributed by atoms with Crippen molar-refractivity contribution in [2.75, 3.05) is 19.7 Å². The van der Waals surface area contributed by atoms with E-state index in [1.54, 1.807) is 4.90 Å². The fourth-order valence-electron chi connectivity index (χ4n) is 2.44. The van der Waals surface area contributed by atoms with Crippen LogP contribution >= 0.6 is 0 Å². The van der Waals surface area contributed by atoms with Crippen LogP contribution in [0.4, 0.5) is 5.69 Å². The molecule has 0 aromatic carbocycles. The summed E-state index contributed by atoms with van der Waals surface area (Å²) < 4.78 is 5.51. The van der Waals surface area contributed by atoms with E-state index >= 15 is 0 Å². The molecule has 1 aromatic rings. The Bertz CT molecular complexity index is 528. The summed E-state index contributed by atoms with van der Waals surface area (Å²) in [5, 5.41) is 17.8. The number of nitrogens with zero attached hydrogens (tertiary/aromatic N) is 3. The van der Waals surface area contributed by atoms with Crippen molar-refractivity contribution < 1.29 is 14.5 Å². The smallest absolute Gasteiger partial charge is 0.322 e. The number of carbonyl (C=O) groups is 1. The number of hydrogen-bond donors (Lipinski definition) is 1. The Morgan fingerprint density at radius 3 is 2.95 bits per heavy atom. The molecule has 2 heterocycles. The molecule has 1 fully saturated rings. The standard InChI is InChI=1S/C13H20N4O4/c1-3-5-10-12(17(19)20)11(15-14-10)13(18)16-6-7-21-9(4-2)8-16/h9H,3-8H2,1-2H3,(H,14,15). The molecule has 8 heteroatoms. The molecule has 8 nitrogen and oxygen atoms in total. The Labute approximate surface area is 122 Å². The van der Waals surface area contributed by atoms with E-state index in [1.807, 2.05) is 13.8 Å². The molecule has 0 aliphatic carbocycles. The first-order valence-electron chi connectivity index (χ1n) is 7.20. The summed E-state index contributed by atoms with van der Waals surface area (Å²) in [6.45, 7) is 5.23. The number of nitro groups is 1. The Morgan fingerprint density at radius 1 is 1.57 bits per heavy atom. The first-order valence-corrected chi connectivity index (χ1v) is 7.20. The van der Waals surface area contributed by atoms with Crippen molar-refractivity contribution in [1.82, 2.24) is 15.1 Å². The zero-order chi connectivity index (χ0) is 15.4. The number of hydrogen-bond acceptors (Lipinski definition) is 5. The van der Waals surface area contributed by atoms with Gasteiger partial charge in [-0.1, -0.05) is 20.3 Å². The summed E-state index contributed by atoms with van der Waals surface area (Å²) in [7, 11) is 0. The van der Waals surface area contributed by atoms with Gasteiger partial charge in [0.1, 0.15) is 5.69 Å². The fourth-order valence-corrected chi connectivity index (χ4v) is 2.44. The van der Waals surface area contributed by atoms with Crippen LogP contribution in [0.2, 0.25) is 0 Å². The summed E-state index contributed by atoms with van der Waals surface area (Å²) in [4.78, 5) is 24.8. The summed E-state index contributed by atoms with van der Waals surface area (Å²) in [5.41, 5.74) is 0.118. The van der Waals surface area contributed by atoms with Crippen molar-refractivity contribution in [3.05, 3.63) is 21.5 Å². The number of ether oxygens (including phenoxy) is 1. The maximum atomic E-state index is 12.5. The number of amides is 1. The van der Waals surface area contributed by atoms with Crippen LogP contribution in [-0.4, -0.2) is 51.7 Å². The highest BCUT2D eigenvalue weighted by Crippen LogP contribution is 2.24. The van der Waals surface area contributed by atoms with Crippen LogP contribution in [0.3, 0.4) is 0 Å². The Kier molecular flexibility index (Phi) is 4.89. The Balaban J connectivity index is 2.24. The van der Waals surface area contributed by atoms with E-state index in [-0.39, 0.29) is 17.5 Å². The molecule has 1 aromatic heterocycles. The van der Waals surface area contributed by atoms with Gasteiger partial charge in [0.2, 0.25) is 5.69 Å². The molecular formula is C13H20N4O4. The lowest BCUT2D eigenvalue weighted by Gasteiger charge is -2.31. The minimum absolute atomic E-state index is 0.0178. The van der Waals surface area contributed by atoms with Crippen molar-refractivity contribution >= 4 is 11.6 Å². The molecule has 0 bridgehead atoms. The fraction of sp³-hybridized carbons (Fsp3) is 0.692. The van der Waals surface area contributed by atoms with E-state index in [9.17, 15) is 14.9 Å². The van der Waals surface area contributed by atoms with E-state index in [2.05, 4.69) is 10.2 Å². The lowest BCUT2D eigenvalue weighted by atomic mass is 10.1. The van der Waals surface area contributed by atoms with Crippen molar-refractivity contribution in [2.24, 2.45) is 0 Å². The number of aromatic nitrogens is 2. The van der Waals surface area contributed by atoms with E-state index in [0.29, 0.717) is 31.8 Å². The topological polar surface area (TPSA) is 101 Å². The molecule has 1 aliphatic heterocycles. The number of aryl methyl sites for hydroxylation is 1. The molecule has 1 aliphatic rings. The van der Waals surface area contributed by atoms with Gasteiger partial charge in [0.15, 0.2) is 0 Å². The minimum atomic E-state index is -0.528. The highest BCUT2D eigenvalue weighted by molar-refractivity contribution is 5.96. The third-order valence-corrected chi connectivity index (χ3v) is 3.58. The van der Waals surface area contributed by atoms with Gasteiger partial charge >= 0.3 is 5.69 Å². The number of nitrogens with one attached hydrogen (secondary N) is 1. The van der Waals surface area contributed by atoms with Crippen LogP contribution < -0.4 is 0 Å². The van der Waals surface area contributed by atoms with Gasteiger partial charge in [-0.05, 0) is 12.8 Å². The van der Waals surface area contributed by atoms with Crippen LogP contribution in [0.1, 0.15) is 42.9 Å². The normalized spacial score (nSPS) is 18.8. The van der Waals surface area contributed by atoms with Crippen molar-refractivity contribution in [3.8, 4) is 0 Å². The number of rotatable bonds is 5. The molecule has 1 unspecified atom stereocenters. The lowest BCUT2D eigenvalue weighted by molar-refractivity contribution is -0.385. The second-order valence-corrected chi connectivity index (χ2v) is 5.06. The monoisotopic (exact) mass is 296 g/mol. The maximum absolute atomic E-state index is 12.5. The third-order valence-electron chi connectivity index (χ3n) is 3.58. The molecule has 1 saturated heterocycles. The SMILES string of the molecule is CCCc1[nH]nc(C(=O)N2CCOC(CC)C2)c1[N+](=O)[O-]. The molecule has 2 rings (SSSR count).